The smallest absolute Gasteiger partial charge is 0.316 e. The molecule has 0 aromatic carbocycles. The normalized spacial score (nSPS) is 14.6. The van der Waals surface area contributed by atoms with E-state index < -0.39 is 18.6 Å². The first kappa shape index (κ1) is 8.24. The van der Waals surface area contributed by atoms with E-state index in [-0.39, 0.29) is 0 Å². The van der Waals surface area contributed by atoms with Crippen LogP contribution in [0.4, 0.5) is 13.2 Å². The van der Waals surface area contributed by atoms with E-state index in [9.17, 15) is 13.2 Å². The topological polar surface area (TPSA) is 49.8 Å². The highest BCUT2D eigenvalue weighted by molar-refractivity contribution is 4.87. The summed E-state index contributed by atoms with van der Waals surface area (Å²) >= 11 is 0. The molecular formula is C4H5F3N2. The van der Waals surface area contributed by atoms with E-state index in [4.69, 9.17) is 5.26 Å². The molecule has 0 unspecified atom stereocenters. The monoisotopic (exact) mass is 138 g/mol. The van der Waals surface area contributed by atoms with Crippen LogP contribution in [0.15, 0.2) is 0 Å². The standard InChI is InChI=1S/C4H5F3N2/c5-4(6,7)1-3(9)2-8/h3H,1,9H2/t3-/m1/s1. The third-order valence-electron chi connectivity index (χ3n) is 0.617. The van der Waals surface area contributed by atoms with Crippen LogP contribution < -0.4 is 5.73 Å². The molecule has 2 N–H and O–H groups in total. The summed E-state index contributed by atoms with van der Waals surface area (Å²) in [5, 5.41) is 7.82. The summed E-state index contributed by atoms with van der Waals surface area (Å²) < 4.78 is 33.8. The van der Waals surface area contributed by atoms with Crippen LogP contribution in [0.25, 0.3) is 0 Å². The van der Waals surface area contributed by atoms with Crippen LogP contribution in [0.3, 0.4) is 0 Å². The first-order chi connectivity index (χ1) is 3.95. The average Bonchev–Trinajstić information content (AvgIpc) is 1.62. The Balaban J connectivity index is 3.63. The number of nitrogens with two attached hydrogens (primary N) is 1. The summed E-state index contributed by atoms with van der Waals surface area (Å²) in [6, 6.07) is -0.147. The number of halogens is 3. The van der Waals surface area contributed by atoms with Crippen molar-refractivity contribution in [3.05, 3.63) is 0 Å². The Hall–Kier alpha value is -0.760. The minimum Gasteiger partial charge on any atom is -0.316 e. The van der Waals surface area contributed by atoms with Crippen molar-refractivity contribution in [2.45, 2.75) is 18.6 Å². The van der Waals surface area contributed by atoms with Crippen LogP contribution in [0.2, 0.25) is 0 Å². The molecule has 0 amide bonds. The lowest BCUT2D eigenvalue weighted by Crippen LogP contribution is -2.25. The fourth-order valence-corrected chi connectivity index (χ4v) is 0.295. The molecule has 0 heterocycles. The molecule has 0 bridgehead atoms. The number of rotatable bonds is 1. The minimum absolute atomic E-state index is 1.23. The molecule has 0 saturated carbocycles. The van der Waals surface area contributed by atoms with E-state index in [0.717, 1.165) is 0 Å². The van der Waals surface area contributed by atoms with Crippen LogP contribution in [0.5, 0.6) is 0 Å². The van der Waals surface area contributed by atoms with Gasteiger partial charge >= 0.3 is 6.18 Å². The molecule has 0 rings (SSSR count). The Bertz CT molecular complexity index is 123. The summed E-state index contributed by atoms with van der Waals surface area (Å²) in [5.74, 6) is 0. The fraction of sp³-hybridized carbons (Fsp3) is 0.750. The highest BCUT2D eigenvalue weighted by Gasteiger charge is 2.30. The first-order valence-corrected chi connectivity index (χ1v) is 2.17. The van der Waals surface area contributed by atoms with Gasteiger partial charge in [0.1, 0.15) is 6.04 Å². The molecule has 0 fully saturated rings. The van der Waals surface area contributed by atoms with Crippen molar-refractivity contribution >= 4 is 0 Å². The third-order valence-corrected chi connectivity index (χ3v) is 0.617. The summed E-state index contributed by atoms with van der Waals surface area (Å²) in [4.78, 5) is 0. The molecule has 0 aliphatic carbocycles. The van der Waals surface area contributed by atoms with Gasteiger partial charge in [-0.1, -0.05) is 0 Å². The highest BCUT2D eigenvalue weighted by Crippen LogP contribution is 2.20. The Morgan fingerprint density at radius 1 is 1.56 bits per heavy atom. The summed E-state index contributed by atoms with van der Waals surface area (Å²) in [6.07, 6.45) is -5.56. The molecule has 2 nitrogen and oxygen atoms in total. The molecule has 0 saturated heterocycles. The van der Waals surface area contributed by atoms with Gasteiger partial charge in [-0.3, -0.25) is 0 Å². The lowest BCUT2D eigenvalue weighted by atomic mass is 10.2. The van der Waals surface area contributed by atoms with Gasteiger partial charge in [-0.25, -0.2) is 0 Å². The van der Waals surface area contributed by atoms with E-state index >= 15 is 0 Å². The second-order valence-corrected chi connectivity index (χ2v) is 1.55. The minimum atomic E-state index is -4.32. The van der Waals surface area contributed by atoms with Gasteiger partial charge in [0.25, 0.3) is 0 Å². The molecule has 0 aliphatic heterocycles. The van der Waals surface area contributed by atoms with Gasteiger partial charge in [-0.05, 0) is 0 Å². The summed E-state index contributed by atoms with van der Waals surface area (Å²) in [5.41, 5.74) is 4.68. The van der Waals surface area contributed by atoms with Crippen molar-refractivity contribution in [2.24, 2.45) is 5.73 Å². The second-order valence-electron chi connectivity index (χ2n) is 1.55. The molecular weight excluding hydrogens is 133 g/mol. The Morgan fingerprint density at radius 3 is 2.11 bits per heavy atom. The van der Waals surface area contributed by atoms with Crippen molar-refractivity contribution in [1.82, 2.24) is 0 Å². The maximum absolute atomic E-state index is 11.3. The van der Waals surface area contributed by atoms with Gasteiger partial charge < -0.3 is 5.73 Å². The van der Waals surface area contributed by atoms with Gasteiger partial charge in [0.2, 0.25) is 0 Å². The van der Waals surface area contributed by atoms with Crippen LogP contribution in [0, 0.1) is 11.3 Å². The first-order valence-electron chi connectivity index (χ1n) is 2.17. The van der Waals surface area contributed by atoms with Crippen molar-refractivity contribution < 1.29 is 13.2 Å². The third kappa shape index (κ3) is 5.11. The number of hydrogen-bond donors (Lipinski definition) is 1. The van der Waals surface area contributed by atoms with Crippen molar-refractivity contribution in [1.29, 1.82) is 5.26 Å². The number of hydrogen-bond acceptors (Lipinski definition) is 2. The van der Waals surface area contributed by atoms with E-state index in [1.807, 2.05) is 0 Å². The van der Waals surface area contributed by atoms with E-state index in [1.165, 1.54) is 6.07 Å². The molecule has 5 heteroatoms. The van der Waals surface area contributed by atoms with Gasteiger partial charge in [0.05, 0.1) is 12.5 Å². The predicted molar refractivity (Wildman–Crippen MR) is 24.3 cm³/mol. The zero-order chi connectivity index (χ0) is 7.49. The average molecular weight is 138 g/mol. The van der Waals surface area contributed by atoms with E-state index in [0.29, 0.717) is 0 Å². The zero-order valence-corrected chi connectivity index (χ0v) is 4.44. The number of nitrogens with zero attached hydrogens (tertiary/aromatic N) is 1. The van der Waals surface area contributed by atoms with Gasteiger partial charge in [-0.15, -0.1) is 0 Å². The Kier molecular flexibility index (Phi) is 2.46. The molecule has 0 aromatic heterocycles. The highest BCUT2D eigenvalue weighted by atomic mass is 19.4. The fourth-order valence-electron chi connectivity index (χ4n) is 0.295. The Morgan fingerprint density at radius 2 is 2.00 bits per heavy atom. The van der Waals surface area contributed by atoms with Crippen LogP contribution >= 0.6 is 0 Å². The number of alkyl halides is 3. The number of nitriles is 1. The Labute approximate surface area is 50.1 Å². The van der Waals surface area contributed by atoms with Gasteiger partial charge in [-0.2, -0.15) is 18.4 Å². The molecule has 52 valence electrons. The maximum Gasteiger partial charge on any atom is 0.391 e. The molecule has 0 spiro atoms. The maximum atomic E-state index is 11.3. The predicted octanol–water partition coefficient (Wildman–Crippen LogP) is 0.790. The van der Waals surface area contributed by atoms with Crippen LogP contribution in [-0.4, -0.2) is 12.2 Å². The quantitative estimate of drug-likeness (QED) is 0.582. The van der Waals surface area contributed by atoms with E-state index in [2.05, 4.69) is 5.73 Å². The van der Waals surface area contributed by atoms with Crippen molar-refractivity contribution in [3.8, 4) is 6.07 Å². The lowest BCUT2D eigenvalue weighted by molar-refractivity contribution is -0.135. The zero-order valence-electron chi connectivity index (χ0n) is 4.44. The van der Waals surface area contributed by atoms with Crippen molar-refractivity contribution in [3.63, 3.8) is 0 Å². The molecule has 0 radical (unpaired) electrons. The van der Waals surface area contributed by atoms with Crippen molar-refractivity contribution in [2.75, 3.05) is 0 Å². The summed E-state index contributed by atoms with van der Waals surface area (Å²) in [6.45, 7) is 0. The largest absolute Gasteiger partial charge is 0.391 e. The molecule has 0 aliphatic rings. The second kappa shape index (κ2) is 2.69. The van der Waals surface area contributed by atoms with E-state index in [1.54, 1.807) is 0 Å². The van der Waals surface area contributed by atoms with Gasteiger partial charge in [0, 0.05) is 0 Å². The summed E-state index contributed by atoms with van der Waals surface area (Å²) in [7, 11) is 0. The molecule has 0 aromatic rings. The molecule has 9 heavy (non-hydrogen) atoms. The molecule has 1 atom stereocenters. The SMILES string of the molecule is N#C[C@H](N)CC(F)(F)F. The van der Waals surface area contributed by atoms with Crippen LogP contribution in [-0.2, 0) is 0 Å². The van der Waals surface area contributed by atoms with Crippen LogP contribution in [0.1, 0.15) is 6.42 Å². The lowest BCUT2D eigenvalue weighted by Gasteiger charge is -2.05. The van der Waals surface area contributed by atoms with Gasteiger partial charge in [0.15, 0.2) is 0 Å².